The molecule has 0 saturated carbocycles. The normalized spacial score (nSPS) is 23.8. The molecule has 0 amide bonds. The Labute approximate surface area is 119 Å². The van der Waals surface area contributed by atoms with Crippen LogP contribution in [0.15, 0.2) is 30.4 Å². The molecule has 0 aromatic heterocycles. The van der Waals surface area contributed by atoms with Crippen LogP contribution < -0.4 is 0 Å². The molecule has 0 unspecified atom stereocenters. The summed E-state index contributed by atoms with van der Waals surface area (Å²) in [6.07, 6.45) is 6.11. The van der Waals surface area contributed by atoms with Gasteiger partial charge >= 0.3 is 5.97 Å². The number of aldehydes is 1. The highest BCUT2D eigenvalue weighted by atomic mass is 16.4. The van der Waals surface area contributed by atoms with Gasteiger partial charge in [-0.1, -0.05) is 45.1 Å². The molecule has 1 atom stereocenters. The molecule has 0 fully saturated rings. The molecular formula is C17H20O3. The van der Waals surface area contributed by atoms with Gasteiger partial charge < -0.3 is 9.90 Å². The summed E-state index contributed by atoms with van der Waals surface area (Å²) in [7, 11) is 0. The number of carboxylic acids is 1. The van der Waals surface area contributed by atoms with E-state index in [0.717, 1.165) is 23.8 Å². The fraction of sp³-hybridized carbons (Fsp3) is 0.412. The monoisotopic (exact) mass is 272 g/mol. The van der Waals surface area contributed by atoms with Gasteiger partial charge in [0.05, 0.1) is 5.56 Å². The van der Waals surface area contributed by atoms with Gasteiger partial charge in [0.25, 0.3) is 0 Å². The summed E-state index contributed by atoms with van der Waals surface area (Å²) in [4.78, 5) is 22.5. The molecule has 0 aliphatic heterocycles. The van der Waals surface area contributed by atoms with E-state index in [1.54, 1.807) is 12.1 Å². The van der Waals surface area contributed by atoms with Gasteiger partial charge in [0.15, 0.2) is 0 Å². The zero-order valence-corrected chi connectivity index (χ0v) is 12.1. The van der Waals surface area contributed by atoms with E-state index in [1.165, 1.54) is 0 Å². The average Bonchev–Trinajstić information content (AvgIpc) is 2.64. The SMILES string of the molecule is CC1(C)C=CC[C@]1(C)c1c(CC=O)cccc1C(=O)O. The van der Waals surface area contributed by atoms with Crippen LogP contribution in [0.2, 0.25) is 0 Å². The van der Waals surface area contributed by atoms with Gasteiger partial charge in [-0.15, -0.1) is 0 Å². The molecule has 1 aromatic carbocycles. The van der Waals surface area contributed by atoms with Crippen LogP contribution in [0.5, 0.6) is 0 Å². The number of benzene rings is 1. The van der Waals surface area contributed by atoms with Crippen molar-refractivity contribution in [3.8, 4) is 0 Å². The minimum atomic E-state index is -0.934. The lowest BCUT2D eigenvalue weighted by Crippen LogP contribution is -2.37. The molecule has 1 N–H and O–H groups in total. The predicted molar refractivity (Wildman–Crippen MR) is 78.1 cm³/mol. The van der Waals surface area contributed by atoms with Crippen molar-refractivity contribution in [2.24, 2.45) is 5.41 Å². The molecule has 1 aliphatic carbocycles. The van der Waals surface area contributed by atoms with E-state index in [2.05, 4.69) is 32.9 Å². The van der Waals surface area contributed by atoms with E-state index in [0.29, 0.717) is 5.56 Å². The van der Waals surface area contributed by atoms with Crippen LogP contribution in [-0.4, -0.2) is 17.4 Å². The zero-order valence-electron chi connectivity index (χ0n) is 12.1. The van der Waals surface area contributed by atoms with Crippen LogP contribution in [0.4, 0.5) is 0 Å². The third-order valence-electron chi connectivity index (χ3n) is 4.72. The van der Waals surface area contributed by atoms with Gasteiger partial charge in [-0.2, -0.15) is 0 Å². The van der Waals surface area contributed by atoms with E-state index >= 15 is 0 Å². The lowest BCUT2D eigenvalue weighted by atomic mass is 9.62. The summed E-state index contributed by atoms with van der Waals surface area (Å²) in [5.41, 5.74) is 1.48. The zero-order chi connectivity index (χ0) is 15.0. The number of aromatic carboxylic acids is 1. The van der Waals surface area contributed by atoms with Gasteiger partial charge in [-0.3, -0.25) is 0 Å². The smallest absolute Gasteiger partial charge is 0.335 e. The minimum Gasteiger partial charge on any atom is -0.478 e. The van der Waals surface area contributed by atoms with Crippen LogP contribution in [0, 0.1) is 5.41 Å². The number of hydrogen-bond acceptors (Lipinski definition) is 2. The predicted octanol–water partition coefficient (Wildman–Crippen LogP) is 3.37. The highest BCUT2D eigenvalue weighted by Gasteiger charge is 2.45. The Hall–Kier alpha value is -1.90. The number of carboxylic acid groups (broad SMARTS) is 1. The Balaban J connectivity index is 2.71. The molecular weight excluding hydrogens is 252 g/mol. The summed E-state index contributed by atoms with van der Waals surface area (Å²) in [5.74, 6) is -0.934. The maximum atomic E-state index is 11.6. The third-order valence-corrected chi connectivity index (χ3v) is 4.72. The van der Waals surface area contributed by atoms with Crippen LogP contribution in [0.25, 0.3) is 0 Å². The maximum absolute atomic E-state index is 11.6. The van der Waals surface area contributed by atoms with E-state index in [9.17, 15) is 14.7 Å². The van der Waals surface area contributed by atoms with E-state index in [-0.39, 0.29) is 17.3 Å². The molecule has 0 bridgehead atoms. The van der Waals surface area contributed by atoms with E-state index < -0.39 is 5.97 Å². The highest BCUT2D eigenvalue weighted by Crippen LogP contribution is 2.51. The van der Waals surface area contributed by atoms with Gasteiger partial charge in [-0.05, 0) is 29.0 Å². The number of carbonyl (C=O) groups excluding carboxylic acids is 1. The van der Waals surface area contributed by atoms with Gasteiger partial charge in [0, 0.05) is 11.8 Å². The molecule has 1 aromatic rings. The maximum Gasteiger partial charge on any atom is 0.335 e. The number of allylic oxidation sites excluding steroid dienone is 2. The fourth-order valence-corrected chi connectivity index (χ4v) is 3.15. The van der Waals surface area contributed by atoms with Crippen LogP contribution in [-0.2, 0) is 16.6 Å². The van der Waals surface area contributed by atoms with Crippen molar-refractivity contribution in [3.63, 3.8) is 0 Å². The first-order valence-corrected chi connectivity index (χ1v) is 6.80. The quantitative estimate of drug-likeness (QED) is 0.675. The largest absolute Gasteiger partial charge is 0.478 e. The first-order chi connectivity index (χ1) is 9.33. The topological polar surface area (TPSA) is 54.4 Å². The van der Waals surface area contributed by atoms with E-state index in [4.69, 9.17) is 0 Å². The number of hydrogen-bond donors (Lipinski definition) is 1. The molecule has 0 spiro atoms. The summed E-state index contributed by atoms with van der Waals surface area (Å²) in [6.45, 7) is 6.31. The summed E-state index contributed by atoms with van der Waals surface area (Å²) < 4.78 is 0. The van der Waals surface area contributed by atoms with Crippen molar-refractivity contribution < 1.29 is 14.7 Å². The highest BCUT2D eigenvalue weighted by molar-refractivity contribution is 5.90. The minimum absolute atomic E-state index is 0.143. The van der Waals surface area contributed by atoms with Crippen LogP contribution in [0.3, 0.4) is 0 Å². The second kappa shape index (κ2) is 4.89. The van der Waals surface area contributed by atoms with Crippen molar-refractivity contribution in [1.82, 2.24) is 0 Å². The van der Waals surface area contributed by atoms with Gasteiger partial charge in [0.2, 0.25) is 0 Å². The second-order valence-electron chi connectivity index (χ2n) is 6.18. The molecule has 106 valence electrons. The molecule has 0 saturated heterocycles. The van der Waals surface area contributed by atoms with Crippen LogP contribution >= 0.6 is 0 Å². The van der Waals surface area contributed by atoms with Gasteiger partial charge in [0.1, 0.15) is 6.29 Å². The molecule has 3 nitrogen and oxygen atoms in total. The van der Waals surface area contributed by atoms with Crippen molar-refractivity contribution in [2.45, 2.75) is 39.0 Å². The summed E-state index contributed by atoms with van der Waals surface area (Å²) in [5, 5.41) is 9.49. The molecule has 3 heteroatoms. The average molecular weight is 272 g/mol. The standard InChI is InChI=1S/C17H20O3/c1-16(2)9-5-10-17(16,3)14-12(8-11-18)6-4-7-13(14)15(19)20/h4-7,9,11H,8,10H2,1-3H3,(H,19,20)/t17-/m1/s1. The summed E-state index contributed by atoms with van der Waals surface area (Å²) >= 11 is 0. The summed E-state index contributed by atoms with van der Waals surface area (Å²) in [6, 6.07) is 5.20. The Morgan fingerprint density at radius 1 is 1.35 bits per heavy atom. The van der Waals surface area contributed by atoms with Gasteiger partial charge in [-0.25, -0.2) is 4.79 Å². The van der Waals surface area contributed by atoms with E-state index in [1.807, 2.05) is 6.07 Å². The molecule has 1 aliphatic rings. The lowest BCUT2D eigenvalue weighted by molar-refractivity contribution is -0.107. The van der Waals surface area contributed by atoms with Crippen molar-refractivity contribution >= 4 is 12.3 Å². The number of rotatable bonds is 4. The van der Waals surface area contributed by atoms with Crippen molar-refractivity contribution in [3.05, 3.63) is 47.0 Å². The Bertz CT molecular complexity index is 584. The third kappa shape index (κ3) is 2.07. The Morgan fingerprint density at radius 2 is 2.05 bits per heavy atom. The lowest BCUT2D eigenvalue weighted by Gasteiger charge is -2.40. The Kier molecular flexibility index (Phi) is 3.55. The molecule has 0 radical (unpaired) electrons. The Morgan fingerprint density at radius 3 is 2.55 bits per heavy atom. The molecule has 2 rings (SSSR count). The first-order valence-electron chi connectivity index (χ1n) is 6.80. The number of carbonyl (C=O) groups is 2. The molecule has 0 heterocycles. The van der Waals surface area contributed by atoms with Crippen LogP contribution in [0.1, 0.15) is 48.7 Å². The fourth-order valence-electron chi connectivity index (χ4n) is 3.15. The first kappa shape index (κ1) is 14.5. The molecule has 20 heavy (non-hydrogen) atoms. The van der Waals surface area contributed by atoms with Crippen molar-refractivity contribution in [1.29, 1.82) is 0 Å². The van der Waals surface area contributed by atoms with Crippen molar-refractivity contribution in [2.75, 3.05) is 0 Å². The second-order valence-corrected chi connectivity index (χ2v) is 6.18.